The number of ether oxygens (including phenoxy) is 2. The summed E-state index contributed by atoms with van der Waals surface area (Å²) in [5.74, 6) is 1.34. The number of nitro benzene ring substituents is 1. The Kier molecular flexibility index (Phi) is 4.83. The second-order valence-electron chi connectivity index (χ2n) is 7.21. The Hall–Kier alpha value is -2.29. The normalized spacial score (nSPS) is 22.0. The highest BCUT2D eigenvalue weighted by Crippen LogP contribution is 2.46. The van der Waals surface area contributed by atoms with E-state index in [0.717, 1.165) is 5.75 Å². The van der Waals surface area contributed by atoms with Crippen LogP contribution in [0.2, 0.25) is 0 Å². The molecule has 2 aliphatic heterocycles. The van der Waals surface area contributed by atoms with Gasteiger partial charge in [-0.1, -0.05) is 11.8 Å². The van der Waals surface area contributed by atoms with Gasteiger partial charge in [-0.05, 0) is 33.3 Å². The first-order chi connectivity index (χ1) is 12.2. The lowest BCUT2D eigenvalue weighted by Gasteiger charge is -2.38. The number of aliphatic imine (C=N–C) groups is 1. The van der Waals surface area contributed by atoms with E-state index in [1.165, 1.54) is 23.9 Å². The van der Waals surface area contributed by atoms with Gasteiger partial charge in [0.05, 0.1) is 17.1 Å². The fourth-order valence-electron chi connectivity index (χ4n) is 3.02. The number of nitro groups is 1. The molecule has 2 heterocycles. The van der Waals surface area contributed by atoms with Crippen molar-refractivity contribution in [1.29, 1.82) is 0 Å². The molecule has 0 aromatic heterocycles. The number of alkyl carbamates (subject to hydrolysis) is 1. The van der Waals surface area contributed by atoms with Gasteiger partial charge >= 0.3 is 6.09 Å². The summed E-state index contributed by atoms with van der Waals surface area (Å²) < 4.78 is 10.9. The standard InChI is InChI=1S/C17H21N3O5S/c1-16(2,3)25-15(21)18-14-19-17(7-9-26-14)6-8-24-13-5-4-11(20(22)23)10-12(13)17/h4-5,10H,6-9H2,1-3H3,(H,18,19,21). The van der Waals surface area contributed by atoms with Gasteiger partial charge in [0.25, 0.3) is 5.69 Å². The minimum absolute atomic E-state index is 0.00343. The Morgan fingerprint density at radius 1 is 1.42 bits per heavy atom. The van der Waals surface area contributed by atoms with Crippen LogP contribution in [-0.4, -0.2) is 34.1 Å². The number of hydrogen-bond donors (Lipinski definition) is 1. The number of amidine groups is 1. The molecule has 0 radical (unpaired) electrons. The van der Waals surface area contributed by atoms with Crippen LogP contribution < -0.4 is 10.1 Å². The molecule has 1 N–H and O–H groups in total. The number of nitrogens with one attached hydrogen (secondary N) is 1. The molecule has 1 amide bonds. The smallest absolute Gasteiger partial charge is 0.413 e. The lowest BCUT2D eigenvalue weighted by molar-refractivity contribution is -0.385. The van der Waals surface area contributed by atoms with Gasteiger partial charge in [-0.2, -0.15) is 0 Å². The quantitative estimate of drug-likeness (QED) is 0.591. The van der Waals surface area contributed by atoms with E-state index in [1.54, 1.807) is 26.8 Å². The van der Waals surface area contributed by atoms with Crippen LogP contribution in [0.1, 0.15) is 39.2 Å². The van der Waals surface area contributed by atoms with E-state index in [4.69, 9.17) is 14.5 Å². The third kappa shape index (κ3) is 3.92. The Labute approximate surface area is 155 Å². The first kappa shape index (κ1) is 18.5. The monoisotopic (exact) mass is 379 g/mol. The van der Waals surface area contributed by atoms with Gasteiger partial charge in [-0.15, -0.1) is 0 Å². The van der Waals surface area contributed by atoms with E-state index in [9.17, 15) is 14.9 Å². The molecular formula is C17H21N3O5S. The molecule has 1 unspecified atom stereocenters. The van der Waals surface area contributed by atoms with Crippen LogP contribution in [-0.2, 0) is 10.3 Å². The van der Waals surface area contributed by atoms with E-state index in [0.29, 0.717) is 35.9 Å². The number of thioether (sulfide) groups is 1. The zero-order chi connectivity index (χ0) is 18.9. The van der Waals surface area contributed by atoms with Crippen LogP contribution in [0.25, 0.3) is 0 Å². The number of hydrogen-bond acceptors (Lipinski definition) is 7. The lowest BCUT2D eigenvalue weighted by atomic mass is 9.82. The Morgan fingerprint density at radius 3 is 2.88 bits per heavy atom. The van der Waals surface area contributed by atoms with Gasteiger partial charge in [-0.25, -0.2) is 4.79 Å². The molecule has 0 aliphatic carbocycles. The average Bonchev–Trinajstić information content (AvgIpc) is 2.53. The number of benzene rings is 1. The highest BCUT2D eigenvalue weighted by molar-refractivity contribution is 8.13. The van der Waals surface area contributed by atoms with Crippen molar-refractivity contribution in [3.05, 3.63) is 33.9 Å². The van der Waals surface area contributed by atoms with E-state index in [1.807, 2.05) is 0 Å². The average molecular weight is 379 g/mol. The van der Waals surface area contributed by atoms with Crippen molar-refractivity contribution in [2.24, 2.45) is 4.99 Å². The fraction of sp³-hybridized carbons (Fsp3) is 0.529. The van der Waals surface area contributed by atoms with E-state index in [2.05, 4.69) is 5.32 Å². The first-order valence-corrected chi connectivity index (χ1v) is 9.31. The number of carbonyl (C=O) groups is 1. The molecule has 0 saturated carbocycles. The van der Waals surface area contributed by atoms with Crippen molar-refractivity contribution in [2.45, 2.75) is 44.8 Å². The third-order valence-corrected chi connectivity index (χ3v) is 5.00. The Morgan fingerprint density at radius 2 is 2.19 bits per heavy atom. The number of nitrogens with zero attached hydrogens (tertiary/aromatic N) is 2. The number of fused-ring (bicyclic) bond motifs is 2. The second kappa shape index (κ2) is 6.79. The minimum atomic E-state index is -0.630. The number of rotatable bonds is 1. The summed E-state index contributed by atoms with van der Waals surface area (Å²) >= 11 is 1.43. The largest absolute Gasteiger partial charge is 0.493 e. The molecular weight excluding hydrogens is 358 g/mol. The van der Waals surface area contributed by atoms with Crippen molar-refractivity contribution < 1.29 is 19.2 Å². The summed E-state index contributed by atoms with van der Waals surface area (Å²) in [5, 5.41) is 14.3. The molecule has 140 valence electrons. The molecule has 1 aromatic rings. The molecule has 9 heteroatoms. The van der Waals surface area contributed by atoms with Gasteiger partial charge in [0, 0.05) is 29.9 Å². The highest BCUT2D eigenvalue weighted by Gasteiger charge is 2.41. The number of non-ortho nitro benzene ring substituents is 1. The molecule has 1 atom stereocenters. The zero-order valence-electron chi connectivity index (χ0n) is 14.9. The van der Waals surface area contributed by atoms with Crippen molar-refractivity contribution in [1.82, 2.24) is 5.32 Å². The first-order valence-electron chi connectivity index (χ1n) is 8.33. The number of carbonyl (C=O) groups excluding carboxylic acids is 1. The summed E-state index contributed by atoms with van der Waals surface area (Å²) in [6.07, 6.45) is 0.753. The Balaban J connectivity index is 1.92. The molecule has 2 aliphatic rings. The Bertz CT molecular complexity index is 774. The molecule has 0 fully saturated rings. The maximum absolute atomic E-state index is 12.0. The summed E-state index contributed by atoms with van der Waals surface area (Å²) in [6.45, 7) is 5.84. The van der Waals surface area contributed by atoms with Crippen LogP contribution in [0.15, 0.2) is 23.2 Å². The van der Waals surface area contributed by atoms with Crippen LogP contribution >= 0.6 is 11.8 Å². The van der Waals surface area contributed by atoms with E-state index < -0.39 is 22.2 Å². The summed E-state index contributed by atoms with van der Waals surface area (Å²) in [5.41, 5.74) is -0.534. The van der Waals surface area contributed by atoms with Crippen LogP contribution in [0.4, 0.5) is 10.5 Å². The minimum Gasteiger partial charge on any atom is -0.493 e. The third-order valence-electron chi connectivity index (χ3n) is 4.13. The van der Waals surface area contributed by atoms with E-state index in [-0.39, 0.29) is 5.69 Å². The zero-order valence-corrected chi connectivity index (χ0v) is 15.7. The van der Waals surface area contributed by atoms with Gasteiger partial charge in [0.1, 0.15) is 11.4 Å². The molecule has 1 aromatic carbocycles. The van der Waals surface area contributed by atoms with Gasteiger partial charge in [0.2, 0.25) is 0 Å². The predicted molar refractivity (Wildman–Crippen MR) is 98.8 cm³/mol. The molecule has 3 rings (SSSR count). The molecule has 0 saturated heterocycles. The SMILES string of the molecule is CC(C)(C)OC(=O)NC1=NC2(CCOc3ccc([N+](=O)[O-])cc32)CCS1. The maximum atomic E-state index is 12.0. The van der Waals surface area contributed by atoms with Gasteiger partial charge in [0.15, 0.2) is 5.17 Å². The van der Waals surface area contributed by atoms with Gasteiger partial charge < -0.3 is 9.47 Å². The summed E-state index contributed by atoms with van der Waals surface area (Å²) in [7, 11) is 0. The van der Waals surface area contributed by atoms with Crippen LogP contribution in [0.3, 0.4) is 0 Å². The highest BCUT2D eigenvalue weighted by atomic mass is 32.2. The summed E-state index contributed by atoms with van der Waals surface area (Å²) in [6, 6.07) is 4.57. The lowest BCUT2D eigenvalue weighted by Crippen LogP contribution is -2.41. The second-order valence-corrected chi connectivity index (χ2v) is 8.29. The molecule has 8 nitrogen and oxygen atoms in total. The fourth-order valence-corrected chi connectivity index (χ4v) is 4.04. The molecule has 26 heavy (non-hydrogen) atoms. The van der Waals surface area contributed by atoms with Crippen LogP contribution in [0.5, 0.6) is 5.75 Å². The van der Waals surface area contributed by atoms with Crippen molar-refractivity contribution in [2.75, 3.05) is 12.4 Å². The predicted octanol–water partition coefficient (Wildman–Crippen LogP) is 3.59. The molecule has 0 bridgehead atoms. The topological polar surface area (TPSA) is 103 Å². The van der Waals surface area contributed by atoms with Crippen molar-refractivity contribution in [3.63, 3.8) is 0 Å². The summed E-state index contributed by atoms with van der Waals surface area (Å²) in [4.78, 5) is 27.5. The van der Waals surface area contributed by atoms with E-state index >= 15 is 0 Å². The maximum Gasteiger partial charge on any atom is 0.413 e. The van der Waals surface area contributed by atoms with Crippen LogP contribution in [0, 0.1) is 10.1 Å². The van der Waals surface area contributed by atoms with Crippen molar-refractivity contribution in [3.8, 4) is 5.75 Å². The van der Waals surface area contributed by atoms with Gasteiger partial charge in [-0.3, -0.25) is 20.4 Å². The van der Waals surface area contributed by atoms with Crippen molar-refractivity contribution >= 4 is 28.7 Å². The number of amides is 1. The molecule has 1 spiro atoms.